The van der Waals surface area contributed by atoms with Crippen molar-refractivity contribution in [2.45, 2.75) is 6.54 Å². The quantitative estimate of drug-likeness (QED) is 0.686. The average molecular weight is 347 g/mol. The molecule has 3 rings (SSSR count). The Morgan fingerprint density at radius 3 is 2.60 bits per heavy atom. The average Bonchev–Trinajstić information content (AvgIpc) is 3.12. The summed E-state index contributed by atoms with van der Waals surface area (Å²) in [4.78, 5) is 16.1. The Labute approximate surface area is 140 Å². The summed E-state index contributed by atoms with van der Waals surface area (Å²) in [5.74, 6) is -4.23. The maximum atomic E-state index is 13.6. The third-order valence-corrected chi connectivity index (χ3v) is 3.32. The molecular weight excluding hydrogens is 335 g/mol. The standard InChI is InChI=1S/C17H12F3N3O2/c18-13-5-4-12(15(19)16(13)20)17(24)23-10-3-6-14(21-8-10)22-9-11-2-1-7-25-11/h1-8H,9H2,(H,21,22)(H,23,24). The number of carbonyl (C=O) groups excluding carboxylic acids is 1. The number of benzene rings is 1. The minimum absolute atomic E-state index is 0.276. The number of nitrogens with one attached hydrogen (secondary N) is 2. The van der Waals surface area contributed by atoms with Gasteiger partial charge in [-0.05, 0) is 36.4 Å². The van der Waals surface area contributed by atoms with Crippen LogP contribution >= 0.6 is 0 Å². The number of carbonyl (C=O) groups is 1. The molecule has 0 atom stereocenters. The highest BCUT2D eigenvalue weighted by molar-refractivity contribution is 6.04. The molecule has 0 unspecified atom stereocenters. The highest BCUT2D eigenvalue weighted by atomic mass is 19.2. The van der Waals surface area contributed by atoms with E-state index in [4.69, 9.17) is 4.42 Å². The number of hydrogen-bond donors (Lipinski definition) is 2. The van der Waals surface area contributed by atoms with E-state index in [-0.39, 0.29) is 5.69 Å². The highest BCUT2D eigenvalue weighted by Gasteiger charge is 2.18. The van der Waals surface area contributed by atoms with E-state index in [9.17, 15) is 18.0 Å². The van der Waals surface area contributed by atoms with Crippen molar-refractivity contribution >= 4 is 17.4 Å². The number of pyridine rings is 1. The zero-order valence-corrected chi connectivity index (χ0v) is 12.7. The van der Waals surface area contributed by atoms with Gasteiger partial charge in [-0.1, -0.05) is 0 Å². The second kappa shape index (κ2) is 7.08. The number of furan rings is 1. The van der Waals surface area contributed by atoms with E-state index in [0.29, 0.717) is 18.4 Å². The molecule has 0 saturated heterocycles. The Morgan fingerprint density at radius 2 is 1.92 bits per heavy atom. The lowest BCUT2D eigenvalue weighted by molar-refractivity contribution is 0.102. The summed E-state index contributed by atoms with van der Waals surface area (Å²) >= 11 is 0. The van der Waals surface area contributed by atoms with Crippen molar-refractivity contribution in [2.24, 2.45) is 0 Å². The first-order chi connectivity index (χ1) is 12.0. The van der Waals surface area contributed by atoms with E-state index >= 15 is 0 Å². The maximum absolute atomic E-state index is 13.6. The highest BCUT2D eigenvalue weighted by Crippen LogP contribution is 2.17. The fraction of sp³-hybridized carbons (Fsp3) is 0.0588. The second-order valence-corrected chi connectivity index (χ2v) is 5.04. The number of nitrogens with zero attached hydrogens (tertiary/aromatic N) is 1. The number of hydrogen-bond acceptors (Lipinski definition) is 4. The Bertz CT molecular complexity index is 881. The molecule has 2 aromatic heterocycles. The van der Waals surface area contributed by atoms with E-state index in [1.807, 2.05) is 0 Å². The topological polar surface area (TPSA) is 67.2 Å². The Morgan fingerprint density at radius 1 is 1.08 bits per heavy atom. The monoisotopic (exact) mass is 347 g/mol. The molecule has 2 heterocycles. The van der Waals surface area contributed by atoms with Crippen LogP contribution in [0.3, 0.4) is 0 Å². The van der Waals surface area contributed by atoms with Crippen LogP contribution in [0.25, 0.3) is 0 Å². The number of aromatic nitrogens is 1. The molecule has 3 aromatic rings. The van der Waals surface area contributed by atoms with Crippen LogP contribution in [0.1, 0.15) is 16.1 Å². The number of anilines is 2. The lowest BCUT2D eigenvalue weighted by atomic mass is 10.2. The first kappa shape index (κ1) is 16.6. The molecule has 0 saturated carbocycles. The molecule has 8 heteroatoms. The molecule has 25 heavy (non-hydrogen) atoms. The van der Waals surface area contributed by atoms with Gasteiger partial charge in [0, 0.05) is 0 Å². The van der Waals surface area contributed by atoms with Gasteiger partial charge in [0.2, 0.25) is 0 Å². The molecule has 2 N–H and O–H groups in total. The van der Waals surface area contributed by atoms with Crippen molar-refractivity contribution < 1.29 is 22.4 Å². The van der Waals surface area contributed by atoms with Crippen LogP contribution < -0.4 is 10.6 Å². The Hall–Kier alpha value is -3.29. The summed E-state index contributed by atoms with van der Waals surface area (Å²) < 4.78 is 44.9. The summed E-state index contributed by atoms with van der Waals surface area (Å²) in [5, 5.41) is 5.38. The molecule has 5 nitrogen and oxygen atoms in total. The number of halogens is 3. The zero-order chi connectivity index (χ0) is 17.8. The van der Waals surface area contributed by atoms with E-state index in [0.717, 1.165) is 11.8 Å². The van der Waals surface area contributed by atoms with Gasteiger partial charge in [0.15, 0.2) is 17.5 Å². The third kappa shape index (κ3) is 3.79. The molecular formula is C17H12F3N3O2. The van der Waals surface area contributed by atoms with Crippen molar-refractivity contribution in [1.82, 2.24) is 4.98 Å². The third-order valence-electron chi connectivity index (χ3n) is 3.32. The van der Waals surface area contributed by atoms with Crippen molar-refractivity contribution in [3.8, 4) is 0 Å². The van der Waals surface area contributed by atoms with Crippen LogP contribution in [0.4, 0.5) is 24.7 Å². The van der Waals surface area contributed by atoms with Crippen LogP contribution in [0.15, 0.2) is 53.3 Å². The molecule has 0 aliphatic rings. The van der Waals surface area contributed by atoms with Crippen LogP contribution in [-0.2, 0) is 6.54 Å². The van der Waals surface area contributed by atoms with Gasteiger partial charge < -0.3 is 15.1 Å². The van der Waals surface area contributed by atoms with Crippen LogP contribution in [-0.4, -0.2) is 10.9 Å². The van der Waals surface area contributed by atoms with Gasteiger partial charge in [-0.3, -0.25) is 4.79 Å². The summed E-state index contributed by atoms with van der Waals surface area (Å²) in [7, 11) is 0. The van der Waals surface area contributed by atoms with Gasteiger partial charge in [-0.2, -0.15) is 0 Å². The molecule has 0 fully saturated rings. The maximum Gasteiger partial charge on any atom is 0.258 e. The minimum Gasteiger partial charge on any atom is -0.467 e. The lowest BCUT2D eigenvalue weighted by Gasteiger charge is -2.08. The summed E-state index contributed by atoms with van der Waals surface area (Å²) in [5.41, 5.74) is -0.323. The minimum atomic E-state index is -1.69. The smallest absolute Gasteiger partial charge is 0.258 e. The van der Waals surface area contributed by atoms with Crippen molar-refractivity contribution in [1.29, 1.82) is 0 Å². The van der Waals surface area contributed by atoms with Crippen molar-refractivity contribution in [3.05, 3.63) is 77.6 Å². The van der Waals surface area contributed by atoms with Crippen molar-refractivity contribution in [2.75, 3.05) is 10.6 Å². The first-order valence-corrected chi connectivity index (χ1v) is 7.22. The van der Waals surface area contributed by atoms with E-state index in [2.05, 4.69) is 15.6 Å². The number of amides is 1. The van der Waals surface area contributed by atoms with Gasteiger partial charge in [0.25, 0.3) is 5.91 Å². The second-order valence-electron chi connectivity index (χ2n) is 5.04. The first-order valence-electron chi connectivity index (χ1n) is 7.22. The van der Waals surface area contributed by atoms with Gasteiger partial charge in [0.05, 0.1) is 30.3 Å². The molecule has 1 amide bonds. The van der Waals surface area contributed by atoms with Crippen LogP contribution in [0.5, 0.6) is 0 Å². The predicted molar refractivity (Wildman–Crippen MR) is 84.5 cm³/mol. The van der Waals surface area contributed by atoms with Gasteiger partial charge >= 0.3 is 0 Å². The molecule has 0 aliphatic carbocycles. The largest absolute Gasteiger partial charge is 0.467 e. The van der Waals surface area contributed by atoms with E-state index < -0.39 is 28.9 Å². The predicted octanol–water partition coefficient (Wildman–Crippen LogP) is 3.96. The van der Waals surface area contributed by atoms with E-state index in [1.54, 1.807) is 24.5 Å². The molecule has 128 valence electrons. The SMILES string of the molecule is O=C(Nc1ccc(NCc2ccco2)nc1)c1ccc(F)c(F)c1F. The zero-order valence-electron chi connectivity index (χ0n) is 12.7. The molecule has 0 radical (unpaired) electrons. The Kier molecular flexibility index (Phi) is 4.69. The molecule has 0 aliphatic heterocycles. The molecule has 1 aromatic carbocycles. The Balaban J connectivity index is 1.65. The van der Waals surface area contributed by atoms with Gasteiger partial charge in [-0.15, -0.1) is 0 Å². The van der Waals surface area contributed by atoms with Crippen LogP contribution in [0, 0.1) is 17.5 Å². The van der Waals surface area contributed by atoms with Gasteiger partial charge in [-0.25, -0.2) is 18.2 Å². The summed E-state index contributed by atoms with van der Waals surface area (Å²) in [6.07, 6.45) is 2.90. The fourth-order valence-corrected chi connectivity index (χ4v) is 2.06. The molecule has 0 bridgehead atoms. The molecule has 0 spiro atoms. The number of rotatable bonds is 5. The van der Waals surface area contributed by atoms with E-state index in [1.165, 1.54) is 12.3 Å². The van der Waals surface area contributed by atoms with Gasteiger partial charge in [0.1, 0.15) is 11.6 Å². The fourth-order valence-electron chi connectivity index (χ4n) is 2.06. The normalized spacial score (nSPS) is 10.5. The van der Waals surface area contributed by atoms with Crippen molar-refractivity contribution in [3.63, 3.8) is 0 Å². The van der Waals surface area contributed by atoms with Crippen LogP contribution in [0.2, 0.25) is 0 Å². The summed E-state index contributed by atoms with van der Waals surface area (Å²) in [6.45, 7) is 0.436. The summed E-state index contributed by atoms with van der Waals surface area (Å²) in [6, 6.07) is 8.26. The lowest BCUT2D eigenvalue weighted by Crippen LogP contribution is -2.15.